The van der Waals surface area contributed by atoms with Crippen LogP contribution < -0.4 is 0 Å². The average molecular weight is 324 g/mol. The number of aromatic nitrogens is 1. The zero-order valence-electron chi connectivity index (χ0n) is 13.9. The van der Waals surface area contributed by atoms with Gasteiger partial charge in [0.15, 0.2) is 0 Å². The van der Waals surface area contributed by atoms with Gasteiger partial charge in [-0.15, -0.1) is 0 Å². The Morgan fingerprint density at radius 1 is 1.17 bits per heavy atom. The molecule has 126 valence electrons. The number of nitrogens with zero attached hydrogens (tertiary/aromatic N) is 2. The number of likely N-dealkylation sites (tertiary alicyclic amines) is 1. The molecule has 0 bridgehead atoms. The van der Waals surface area contributed by atoms with E-state index in [4.69, 9.17) is 4.74 Å². The number of amides is 1. The molecule has 0 spiro atoms. The lowest BCUT2D eigenvalue weighted by Crippen LogP contribution is -2.30. The van der Waals surface area contributed by atoms with Crippen molar-refractivity contribution in [3.63, 3.8) is 0 Å². The van der Waals surface area contributed by atoms with Gasteiger partial charge in [0, 0.05) is 25.8 Å². The number of carbonyl (C=O) groups is 1. The van der Waals surface area contributed by atoms with E-state index in [1.807, 2.05) is 53.4 Å². The first-order chi connectivity index (χ1) is 11.8. The molecule has 0 aliphatic carbocycles. The Hall–Kier alpha value is -2.20. The third kappa shape index (κ3) is 4.42. The summed E-state index contributed by atoms with van der Waals surface area (Å²) in [5, 5.41) is 0. The molecule has 24 heavy (non-hydrogen) atoms. The maximum Gasteiger partial charge on any atom is 0.223 e. The Bertz CT molecular complexity index is 631. The summed E-state index contributed by atoms with van der Waals surface area (Å²) in [5.74, 6) is 0.214. The zero-order chi connectivity index (χ0) is 16.6. The van der Waals surface area contributed by atoms with Gasteiger partial charge in [-0.25, -0.2) is 0 Å². The van der Waals surface area contributed by atoms with E-state index in [1.165, 1.54) is 5.56 Å². The van der Waals surface area contributed by atoms with Gasteiger partial charge in [0.05, 0.1) is 18.3 Å². The molecule has 1 aliphatic heterocycles. The molecule has 1 aromatic carbocycles. The van der Waals surface area contributed by atoms with Crippen LogP contribution in [-0.2, 0) is 16.1 Å². The highest BCUT2D eigenvalue weighted by Gasteiger charge is 2.30. The fourth-order valence-electron chi connectivity index (χ4n) is 3.18. The predicted molar refractivity (Wildman–Crippen MR) is 93.3 cm³/mol. The van der Waals surface area contributed by atoms with Gasteiger partial charge in [0.25, 0.3) is 0 Å². The van der Waals surface area contributed by atoms with Crippen molar-refractivity contribution in [3.05, 3.63) is 66.0 Å². The number of benzene rings is 1. The van der Waals surface area contributed by atoms with Crippen molar-refractivity contribution < 1.29 is 9.53 Å². The van der Waals surface area contributed by atoms with E-state index >= 15 is 0 Å². The van der Waals surface area contributed by atoms with Gasteiger partial charge < -0.3 is 9.64 Å². The Kier molecular flexibility index (Phi) is 5.96. The number of pyridine rings is 1. The maximum absolute atomic E-state index is 12.5. The standard InChI is InChI=1S/C20H24N2O2/c23-20(12-7-15-24-16-17-8-2-1-3-9-17)22-14-6-11-19(22)18-10-4-5-13-21-18/h1-5,8-10,13,19H,6-7,11-12,14-16H2/t19-/m0/s1. The van der Waals surface area contributed by atoms with Gasteiger partial charge in [-0.1, -0.05) is 36.4 Å². The lowest BCUT2D eigenvalue weighted by molar-refractivity contribution is -0.132. The van der Waals surface area contributed by atoms with E-state index < -0.39 is 0 Å². The molecular formula is C20H24N2O2. The maximum atomic E-state index is 12.5. The Balaban J connectivity index is 1.41. The van der Waals surface area contributed by atoms with Crippen molar-refractivity contribution >= 4 is 5.91 Å². The molecule has 1 aliphatic rings. The molecule has 0 radical (unpaired) electrons. The van der Waals surface area contributed by atoms with Gasteiger partial charge in [-0.05, 0) is 37.0 Å². The molecule has 1 fully saturated rings. The quantitative estimate of drug-likeness (QED) is 0.729. The van der Waals surface area contributed by atoms with Crippen LogP contribution in [0.2, 0.25) is 0 Å². The summed E-state index contributed by atoms with van der Waals surface area (Å²) in [7, 11) is 0. The van der Waals surface area contributed by atoms with Crippen molar-refractivity contribution in [1.29, 1.82) is 0 Å². The second-order valence-corrected chi connectivity index (χ2v) is 6.14. The Morgan fingerprint density at radius 2 is 2.00 bits per heavy atom. The van der Waals surface area contributed by atoms with E-state index in [-0.39, 0.29) is 11.9 Å². The molecule has 3 rings (SSSR count). The summed E-state index contributed by atoms with van der Waals surface area (Å²) in [6, 6.07) is 16.2. The molecule has 4 nitrogen and oxygen atoms in total. The lowest BCUT2D eigenvalue weighted by atomic mass is 10.1. The van der Waals surface area contributed by atoms with Crippen LogP contribution in [0.25, 0.3) is 0 Å². The van der Waals surface area contributed by atoms with Crippen molar-refractivity contribution in [1.82, 2.24) is 9.88 Å². The van der Waals surface area contributed by atoms with Crippen LogP contribution in [0.5, 0.6) is 0 Å². The van der Waals surface area contributed by atoms with Crippen LogP contribution in [0.4, 0.5) is 0 Å². The third-order valence-electron chi connectivity index (χ3n) is 4.39. The minimum Gasteiger partial charge on any atom is -0.377 e. The fourth-order valence-corrected chi connectivity index (χ4v) is 3.18. The first-order valence-corrected chi connectivity index (χ1v) is 8.66. The number of carbonyl (C=O) groups excluding carboxylic acids is 1. The van der Waals surface area contributed by atoms with Gasteiger partial charge in [0.1, 0.15) is 0 Å². The Labute approximate surface area is 143 Å². The molecule has 1 amide bonds. The van der Waals surface area contributed by atoms with Crippen LogP contribution in [-0.4, -0.2) is 28.9 Å². The van der Waals surface area contributed by atoms with E-state index in [0.29, 0.717) is 19.6 Å². The van der Waals surface area contributed by atoms with Crippen molar-refractivity contribution in [2.45, 2.75) is 38.3 Å². The lowest BCUT2D eigenvalue weighted by Gasteiger charge is -2.24. The first kappa shape index (κ1) is 16.7. The molecule has 1 saturated heterocycles. The highest BCUT2D eigenvalue weighted by atomic mass is 16.5. The van der Waals surface area contributed by atoms with Crippen LogP contribution in [0.3, 0.4) is 0 Å². The summed E-state index contributed by atoms with van der Waals surface area (Å²) in [6.07, 6.45) is 5.16. The number of hydrogen-bond donors (Lipinski definition) is 0. The summed E-state index contributed by atoms with van der Waals surface area (Å²) >= 11 is 0. The topological polar surface area (TPSA) is 42.4 Å². The second-order valence-electron chi connectivity index (χ2n) is 6.14. The van der Waals surface area contributed by atoms with E-state index in [1.54, 1.807) is 6.20 Å². The molecule has 0 unspecified atom stereocenters. The average Bonchev–Trinajstić information content (AvgIpc) is 3.13. The smallest absolute Gasteiger partial charge is 0.223 e. The normalized spacial score (nSPS) is 17.2. The van der Waals surface area contributed by atoms with Crippen LogP contribution in [0.15, 0.2) is 54.7 Å². The predicted octanol–water partition coefficient (Wildman–Crippen LogP) is 3.74. The molecule has 4 heteroatoms. The fraction of sp³-hybridized carbons (Fsp3) is 0.400. The molecule has 0 N–H and O–H groups in total. The van der Waals surface area contributed by atoms with Crippen molar-refractivity contribution in [3.8, 4) is 0 Å². The zero-order valence-corrected chi connectivity index (χ0v) is 13.9. The minimum absolute atomic E-state index is 0.143. The van der Waals surface area contributed by atoms with Gasteiger partial charge >= 0.3 is 0 Å². The van der Waals surface area contributed by atoms with Gasteiger partial charge in [-0.3, -0.25) is 9.78 Å². The highest BCUT2D eigenvalue weighted by molar-refractivity contribution is 5.77. The minimum atomic E-state index is 0.143. The summed E-state index contributed by atoms with van der Waals surface area (Å²) < 4.78 is 5.66. The van der Waals surface area contributed by atoms with Gasteiger partial charge in [0.2, 0.25) is 5.91 Å². The molecule has 2 heterocycles. The number of rotatable bonds is 7. The molecule has 1 aromatic heterocycles. The van der Waals surface area contributed by atoms with Crippen molar-refractivity contribution in [2.24, 2.45) is 0 Å². The van der Waals surface area contributed by atoms with Crippen LogP contribution in [0.1, 0.15) is 43.0 Å². The van der Waals surface area contributed by atoms with E-state index in [0.717, 1.165) is 31.5 Å². The monoisotopic (exact) mass is 324 g/mol. The number of hydrogen-bond acceptors (Lipinski definition) is 3. The molecular weight excluding hydrogens is 300 g/mol. The molecule has 2 aromatic rings. The second kappa shape index (κ2) is 8.60. The van der Waals surface area contributed by atoms with Crippen molar-refractivity contribution in [2.75, 3.05) is 13.2 Å². The Morgan fingerprint density at radius 3 is 2.79 bits per heavy atom. The SMILES string of the molecule is O=C(CCCOCc1ccccc1)N1CCC[C@H]1c1ccccn1. The highest BCUT2D eigenvalue weighted by Crippen LogP contribution is 2.31. The summed E-state index contributed by atoms with van der Waals surface area (Å²) in [5.41, 5.74) is 2.17. The summed E-state index contributed by atoms with van der Waals surface area (Å²) in [4.78, 5) is 18.9. The van der Waals surface area contributed by atoms with Gasteiger partial charge in [-0.2, -0.15) is 0 Å². The third-order valence-corrected chi connectivity index (χ3v) is 4.39. The molecule has 0 saturated carbocycles. The summed E-state index contributed by atoms with van der Waals surface area (Å²) in [6.45, 7) is 2.06. The largest absolute Gasteiger partial charge is 0.377 e. The van der Waals surface area contributed by atoms with E-state index in [2.05, 4.69) is 4.98 Å². The first-order valence-electron chi connectivity index (χ1n) is 8.66. The van der Waals surface area contributed by atoms with E-state index in [9.17, 15) is 4.79 Å². The number of ether oxygens (including phenoxy) is 1. The van der Waals surface area contributed by atoms with Crippen LogP contribution >= 0.6 is 0 Å². The molecule has 1 atom stereocenters. The van der Waals surface area contributed by atoms with Crippen LogP contribution in [0, 0.1) is 0 Å².